The molecule has 1 aromatic carbocycles. The molecule has 0 fully saturated rings. The van der Waals surface area contributed by atoms with E-state index in [1.807, 2.05) is 0 Å². The predicted molar refractivity (Wildman–Crippen MR) is 87.7 cm³/mol. The standard InChI is InChI=1S/C16H12ClFN4O3/c1-20-14(23)10(7-19)5-9-3-4-12(24-2)13(6-9)25-15-11(18)8-21-16(17)22-15/h3-6,8H,1-2H3,(H,20,23)/b10-5+. The van der Waals surface area contributed by atoms with Crippen molar-refractivity contribution in [2.24, 2.45) is 0 Å². The minimum atomic E-state index is -0.810. The fourth-order valence-corrected chi connectivity index (χ4v) is 1.95. The van der Waals surface area contributed by atoms with Gasteiger partial charge in [-0.1, -0.05) is 6.07 Å². The molecular formula is C16H12ClFN4O3. The molecule has 9 heteroatoms. The number of methoxy groups -OCH3 is 1. The molecule has 1 amide bonds. The van der Waals surface area contributed by atoms with E-state index in [0.717, 1.165) is 6.20 Å². The number of nitrogens with zero attached hydrogens (tertiary/aromatic N) is 3. The smallest absolute Gasteiger partial charge is 0.261 e. The lowest BCUT2D eigenvalue weighted by Crippen LogP contribution is -2.19. The number of nitriles is 1. The quantitative estimate of drug-likeness (QED) is 0.499. The van der Waals surface area contributed by atoms with Crippen LogP contribution in [0.5, 0.6) is 17.4 Å². The van der Waals surface area contributed by atoms with Gasteiger partial charge < -0.3 is 14.8 Å². The number of aromatic nitrogens is 2. The van der Waals surface area contributed by atoms with Crippen molar-refractivity contribution >= 4 is 23.6 Å². The maximum absolute atomic E-state index is 13.8. The van der Waals surface area contributed by atoms with Crippen LogP contribution in [-0.2, 0) is 4.79 Å². The molecule has 25 heavy (non-hydrogen) atoms. The van der Waals surface area contributed by atoms with Gasteiger partial charge >= 0.3 is 0 Å². The Labute approximate surface area is 147 Å². The first kappa shape index (κ1) is 18.2. The summed E-state index contributed by atoms with van der Waals surface area (Å²) in [5.41, 5.74) is 0.367. The van der Waals surface area contributed by atoms with Gasteiger partial charge in [0.05, 0.1) is 13.3 Å². The Morgan fingerprint density at radius 3 is 2.84 bits per heavy atom. The van der Waals surface area contributed by atoms with E-state index in [9.17, 15) is 9.18 Å². The fourth-order valence-electron chi connectivity index (χ4n) is 1.82. The summed E-state index contributed by atoms with van der Waals surface area (Å²) in [5.74, 6) is -1.31. The Morgan fingerprint density at radius 1 is 1.44 bits per heavy atom. The van der Waals surface area contributed by atoms with Crippen molar-refractivity contribution in [3.05, 3.63) is 46.6 Å². The molecule has 0 unspecified atom stereocenters. The number of rotatable bonds is 5. The van der Waals surface area contributed by atoms with Crippen LogP contribution in [0.2, 0.25) is 5.28 Å². The Morgan fingerprint density at radius 2 is 2.20 bits per heavy atom. The predicted octanol–water partition coefficient (Wildman–Crippen LogP) is 2.72. The first-order valence-corrected chi connectivity index (χ1v) is 7.24. The lowest BCUT2D eigenvalue weighted by molar-refractivity contribution is -0.116. The van der Waals surface area contributed by atoms with Gasteiger partial charge in [-0.15, -0.1) is 0 Å². The topological polar surface area (TPSA) is 97.1 Å². The molecular weight excluding hydrogens is 351 g/mol. The number of hydrogen-bond donors (Lipinski definition) is 1. The average molecular weight is 363 g/mol. The maximum atomic E-state index is 13.8. The third-order valence-electron chi connectivity index (χ3n) is 2.98. The molecule has 2 rings (SSSR count). The fraction of sp³-hybridized carbons (Fsp3) is 0.125. The summed E-state index contributed by atoms with van der Waals surface area (Å²) in [6.45, 7) is 0. The van der Waals surface area contributed by atoms with E-state index in [-0.39, 0.29) is 22.5 Å². The van der Waals surface area contributed by atoms with Crippen molar-refractivity contribution in [2.45, 2.75) is 0 Å². The van der Waals surface area contributed by atoms with Crippen molar-refractivity contribution in [1.29, 1.82) is 5.26 Å². The Bertz CT molecular complexity index is 880. The van der Waals surface area contributed by atoms with E-state index in [4.69, 9.17) is 26.3 Å². The zero-order chi connectivity index (χ0) is 18.4. The van der Waals surface area contributed by atoms with Crippen LogP contribution in [0.4, 0.5) is 4.39 Å². The van der Waals surface area contributed by atoms with Crippen molar-refractivity contribution in [1.82, 2.24) is 15.3 Å². The number of halogens is 2. The molecule has 128 valence electrons. The lowest BCUT2D eigenvalue weighted by Gasteiger charge is -2.11. The van der Waals surface area contributed by atoms with E-state index in [1.54, 1.807) is 18.2 Å². The van der Waals surface area contributed by atoms with Gasteiger partial charge in [-0.25, -0.2) is 4.98 Å². The molecule has 0 aliphatic rings. The number of likely N-dealkylation sites (N-methyl/N-ethyl adjacent to an activating group) is 1. The van der Waals surface area contributed by atoms with Gasteiger partial charge in [0.1, 0.15) is 11.6 Å². The zero-order valence-electron chi connectivity index (χ0n) is 13.2. The van der Waals surface area contributed by atoms with Crippen molar-refractivity contribution in [3.8, 4) is 23.4 Å². The third-order valence-corrected chi connectivity index (χ3v) is 3.16. The molecule has 1 N–H and O–H groups in total. The highest BCUT2D eigenvalue weighted by molar-refractivity contribution is 6.28. The molecule has 1 heterocycles. The van der Waals surface area contributed by atoms with Gasteiger partial charge in [-0.3, -0.25) is 4.79 Å². The molecule has 0 saturated carbocycles. The third kappa shape index (κ3) is 4.43. The van der Waals surface area contributed by atoms with Crippen LogP contribution in [0.15, 0.2) is 30.0 Å². The van der Waals surface area contributed by atoms with Gasteiger partial charge in [0.25, 0.3) is 11.8 Å². The summed E-state index contributed by atoms with van der Waals surface area (Å²) in [5, 5.41) is 11.2. The lowest BCUT2D eigenvalue weighted by atomic mass is 10.1. The van der Waals surface area contributed by atoms with Gasteiger partial charge in [0.15, 0.2) is 11.5 Å². The molecule has 7 nitrogen and oxygen atoms in total. The second kappa shape index (κ2) is 8.08. The number of amides is 1. The molecule has 2 aromatic rings. The summed E-state index contributed by atoms with van der Waals surface area (Å²) < 4.78 is 24.3. The summed E-state index contributed by atoms with van der Waals surface area (Å²) in [7, 11) is 2.82. The molecule has 1 aromatic heterocycles. The van der Waals surface area contributed by atoms with Crippen molar-refractivity contribution in [3.63, 3.8) is 0 Å². The number of carbonyl (C=O) groups is 1. The van der Waals surface area contributed by atoms with Crippen molar-refractivity contribution < 1.29 is 18.7 Å². The van der Waals surface area contributed by atoms with Crippen LogP contribution in [0.3, 0.4) is 0 Å². The highest BCUT2D eigenvalue weighted by Crippen LogP contribution is 2.33. The van der Waals surface area contributed by atoms with E-state index < -0.39 is 11.7 Å². The molecule has 0 bridgehead atoms. The monoisotopic (exact) mass is 362 g/mol. The van der Waals surface area contributed by atoms with E-state index in [1.165, 1.54) is 26.3 Å². The van der Waals surface area contributed by atoms with E-state index in [2.05, 4.69) is 15.3 Å². The summed E-state index contributed by atoms with van der Waals surface area (Å²) >= 11 is 5.64. The largest absolute Gasteiger partial charge is 0.493 e. The first-order chi connectivity index (χ1) is 12.0. The van der Waals surface area contributed by atoms with Gasteiger partial charge in [-0.05, 0) is 35.4 Å². The van der Waals surface area contributed by atoms with E-state index >= 15 is 0 Å². The van der Waals surface area contributed by atoms with Gasteiger partial charge in [0, 0.05) is 7.05 Å². The van der Waals surface area contributed by atoms with Crippen LogP contribution in [0.25, 0.3) is 6.08 Å². The van der Waals surface area contributed by atoms with Gasteiger partial charge in [-0.2, -0.15) is 14.6 Å². The second-order valence-electron chi connectivity index (χ2n) is 4.55. The maximum Gasteiger partial charge on any atom is 0.261 e. The summed E-state index contributed by atoms with van der Waals surface area (Å²) in [6, 6.07) is 6.41. The van der Waals surface area contributed by atoms with Crippen LogP contribution in [-0.4, -0.2) is 30.0 Å². The van der Waals surface area contributed by atoms with Crippen LogP contribution in [0.1, 0.15) is 5.56 Å². The highest BCUT2D eigenvalue weighted by atomic mass is 35.5. The van der Waals surface area contributed by atoms with E-state index in [0.29, 0.717) is 11.3 Å². The normalized spacial score (nSPS) is 10.8. The minimum absolute atomic E-state index is 0.102. The number of nitrogens with one attached hydrogen (secondary N) is 1. The Hall–Kier alpha value is -3.18. The van der Waals surface area contributed by atoms with Crippen molar-refractivity contribution in [2.75, 3.05) is 14.2 Å². The number of carbonyl (C=O) groups excluding carboxylic acids is 1. The Balaban J connectivity index is 2.44. The number of ether oxygens (including phenoxy) is 2. The summed E-state index contributed by atoms with van der Waals surface area (Å²) in [6.07, 6.45) is 2.23. The molecule has 0 aliphatic carbocycles. The molecule has 0 saturated heterocycles. The van der Waals surface area contributed by atoms with Gasteiger partial charge in [0.2, 0.25) is 11.1 Å². The molecule has 0 spiro atoms. The summed E-state index contributed by atoms with van der Waals surface area (Å²) in [4.78, 5) is 18.7. The van der Waals surface area contributed by atoms with Crippen LogP contribution >= 0.6 is 11.6 Å². The first-order valence-electron chi connectivity index (χ1n) is 6.86. The number of benzene rings is 1. The Kier molecular flexibility index (Phi) is 5.87. The molecule has 0 radical (unpaired) electrons. The second-order valence-corrected chi connectivity index (χ2v) is 4.89. The highest BCUT2D eigenvalue weighted by Gasteiger charge is 2.14. The minimum Gasteiger partial charge on any atom is -0.493 e. The number of hydrogen-bond acceptors (Lipinski definition) is 6. The molecule has 0 atom stereocenters. The molecule has 0 aliphatic heterocycles. The SMILES string of the molecule is CNC(=O)/C(C#N)=C/c1ccc(OC)c(Oc2nc(Cl)ncc2F)c1. The van der Waals surface area contributed by atoms with Crippen LogP contribution in [0, 0.1) is 17.1 Å². The average Bonchev–Trinajstić information content (AvgIpc) is 2.62. The van der Waals surface area contributed by atoms with Crippen LogP contribution < -0.4 is 14.8 Å². The zero-order valence-corrected chi connectivity index (χ0v) is 14.0.